The van der Waals surface area contributed by atoms with Gasteiger partial charge in [-0.05, 0) is 49.9 Å². The lowest BCUT2D eigenvalue weighted by Crippen LogP contribution is -2.40. The van der Waals surface area contributed by atoms with Gasteiger partial charge >= 0.3 is 0 Å². The quantitative estimate of drug-likeness (QED) is 0.923. The minimum Gasteiger partial charge on any atom is -0.352 e. The van der Waals surface area contributed by atoms with Crippen LogP contribution in [0.4, 0.5) is 0 Å². The molecule has 1 aliphatic carbocycles. The predicted molar refractivity (Wildman–Crippen MR) is 85.4 cm³/mol. The van der Waals surface area contributed by atoms with Crippen molar-refractivity contribution in [3.63, 3.8) is 0 Å². The topological polar surface area (TPSA) is 32.3 Å². The molecule has 0 unspecified atom stereocenters. The standard InChI is InChI=1S/C17H23ClN2O/c18-14-9-7-13(8-10-14)16-6-3-11-20(16)12-17(21)19-15-4-1-2-5-15/h7-10,15-16H,1-6,11-12H2,(H,19,21)/t16-/m1/s1. The van der Waals surface area contributed by atoms with E-state index in [0.717, 1.165) is 37.3 Å². The largest absolute Gasteiger partial charge is 0.352 e. The van der Waals surface area contributed by atoms with Crippen molar-refractivity contribution in [3.8, 4) is 0 Å². The van der Waals surface area contributed by atoms with Crippen molar-refractivity contribution in [1.82, 2.24) is 10.2 Å². The van der Waals surface area contributed by atoms with E-state index in [-0.39, 0.29) is 5.91 Å². The molecule has 3 rings (SSSR count). The number of halogens is 1. The third-order valence-corrected chi connectivity index (χ3v) is 4.94. The molecule has 1 aliphatic heterocycles. The molecule has 0 spiro atoms. The number of carbonyl (C=O) groups excluding carboxylic acids is 1. The minimum absolute atomic E-state index is 0.183. The van der Waals surface area contributed by atoms with Crippen LogP contribution in [0.15, 0.2) is 24.3 Å². The maximum absolute atomic E-state index is 12.2. The fraction of sp³-hybridized carbons (Fsp3) is 0.588. The summed E-state index contributed by atoms with van der Waals surface area (Å²) in [6, 6.07) is 8.81. The smallest absolute Gasteiger partial charge is 0.234 e. The summed E-state index contributed by atoms with van der Waals surface area (Å²) >= 11 is 5.96. The lowest BCUT2D eigenvalue weighted by atomic mass is 10.0. The van der Waals surface area contributed by atoms with Crippen LogP contribution in [0.25, 0.3) is 0 Å². The number of carbonyl (C=O) groups is 1. The lowest BCUT2D eigenvalue weighted by Gasteiger charge is -2.25. The Morgan fingerprint density at radius 1 is 1.14 bits per heavy atom. The van der Waals surface area contributed by atoms with E-state index in [1.807, 2.05) is 12.1 Å². The monoisotopic (exact) mass is 306 g/mol. The molecule has 1 aromatic rings. The summed E-state index contributed by atoms with van der Waals surface area (Å²) in [7, 11) is 0. The Morgan fingerprint density at radius 3 is 2.57 bits per heavy atom. The molecule has 1 saturated heterocycles. The summed E-state index contributed by atoms with van der Waals surface area (Å²) in [6.45, 7) is 1.52. The lowest BCUT2D eigenvalue weighted by molar-refractivity contribution is -0.123. The van der Waals surface area contributed by atoms with Crippen molar-refractivity contribution >= 4 is 17.5 Å². The third kappa shape index (κ3) is 3.78. The number of nitrogens with zero attached hydrogens (tertiary/aromatic N) is 1. The number of benzene rings is 1. The summed E-state index contributed by atoms with van der Waals surface area (Å²) in [4.78, 5) is 14.5. The Morgan fingerprint density at radius 2 is 1.86 bits per heavy atom. The van der Waals surface area contributed by atoms with E-state index in [1.165, 1.54) is 18.4 Å². The third-order valence-electron chi connectivity index (χ3n) is 4.69. The van der Waals surface area contributed by atoms with Gasteiger partial charge in [0.15, 0.2) is 0 Å². The van der Waals surface area contributed by atoms with Crippen molar-refractivity contribution in [3.05, 3.63) is 34.9 Å². The Bertz CT molecular complexity index is 482. The molecule has 2 aliphatic rings. The van der Waals surface area contributed by atoms with Gasteiger partial charge in [-0.25, -0.2) is 0 Å². The summed E-state index contributed by atoms with van der Waals surface area (Å²) in [5.74, 6) is 0.183. The first-order chi connectivity index (χ1) is 10.2. The number of hydrogen-bond donors (Lipinski definition) is 1. The zero-order chi connectivity index (χ0) is 14.7. The average molecular weight is 307 g/mol. The van der Waals surface area contributed by atoms with Gasteiger partial charge in [0.25, 0.3) is 0 Å². The van der Waals surface area contributed by atoms with Crippen LogP contribution >= 0.6 is 11.6 Å². The van der Waals surface area contributed by atoms with Gasteiger partial charge in [-0.2, -0.15) is 0 Å². The van der Waals surface area contributed by atoms with Crippen molar-refractivity contribution in [1.29, 1.82) is 0 Å². The minimum atomic E-state index is 0.183. The molecule has 1 aromatic carbocycles. The van der Waals surface area contributed by atoms with Gasteiger partial charge in [-0.3, -0.25) is 9.69 Å². The van der Waals surface area contributed by atoms with Crippen LogP contribution in [-0.2, 0) is 4.79 Å². The van der Waals surface area contributed by atoms with E-state index in [4.69, 9.17) is 11.6 Å². The maximum Gasteiger partial charge on any atom is 0.234 e. The molecule has 21 heavy (non-hydrogen) atoms. The van der Waals surface area contributed by atoms with E-state index >= 15 is 0 Å². The Hall–Kier alpha value is -1.06. The number of nitrogens with one attached hydrogen (secondary N) is 1. The molecule has 1 heterocycles. The molecule has 1 amide bonds. The van der Waals surface area contributed by atoms with Crippen LogP contribution in [0.5, 0.6) is 0 Å². The second-order valence-corrected chi connectivity index (χ2v) is 6.67. The highest BCUT2D eigenvalue weighted by Gasteiger charge is 2.28. The average Bonchev–Trinajstić information content (AvgIpc) is 3.11. The maximum atomic E-state index is 12.2. The van der Waals surface area contributed by atoms with Crippen LogP contribution < -0.4 is 5.32 Å². The summed E-state index contributed by atoms with van der Waals surface area (Å²) < 4.78 is 0. The van der Waals surface area contributed by atoms with Crippen LogP contribution in [0.3, 0.4) is 0 Å². The van der Waals surface area contributed by atoms with Crippen molar-refractivity contribution < 1.29 is 4.79 Å². The first-order valence-corrected chi connectivity index (χ1v) is 8.39. The number of likely N-dealkylation sites (tertiary alicyclic amines) is 1. The SMILES string of the molecule is O=C(CN1CCC[C@@H]1c1ccc(Cl)cc1)NC1CCCC1. The molecule has 0 bridgehead atoms. The molecule has 0 radical (unpaired) electrons. The van der Waals surface area contributed by atoms with E-state index < -0.39 is 0 Å². The molecule has 1 N–H and O–H groups in total. The Balaban J connectivity index is 1.58. The van der Waals surface area contributed by atoms with E-state index in [1.54, 1.807) is 0 Å². The van der Waals surface area contributed by atoms with Gasteiger partial charge in [-0.15, -0.1) is 0 Å². The highest BCUT2D eigenvalue weighted by molar-refractivity contribution is 6.30. The van der Waals surface area contributed by atoms with Gasteiger partial charge in [0, 0.05) is 17.1 Å². The molecule has 1 atom stereocenters. The van der Waals surface area contributed by atoms with E-state index in [9.17, 15) is 4.79 Å². The molecular formula is C17H23ClN2O. The number of amides is 1. The fourth-order valence-electron chi connectivity index (χ4n) is 3.61. The molecule has 1 saturated carbocycles. The zero-order valence-electron chi connectivity index (χ0n) is 12.4. The zero-order valence-corrected chi connectivity index (χ0v) is 13.1. The van der Waals surface area contributed by atoms with E-state index in [0.29, 0.717) is 18.6 Å². The number of hydrogen-bond acceptors (Lipinski definition) is 2. The van der Waals surface area contributed by atoms with Crippen LogP contribution in [0, 0.1) is 0 Å². The molecule has 4 heteroatoms. The second-order valence-electron chi connectivity index (χ2n) is 6.23. The fourth-order valence-corrected chi connectivity index (χ4v) is 3.73. The van der Waals surface area contributed by atoms with Gasteiger partial charge in [0.1, 0.15) is 0 Å². The number of rotatable bonds is 4. The predicted octanol–water partition coefficient (Wildman–Crippen LogP) is 3.54. The summed E-state index contributed by atoms with van der Waals surface area (Å²) in [6.07, 6.45) is 7.07. The molecule has 114 valence electrons. The molecule has 3 nitrogen and oxygen atoms in total. The van der Waals surface area contributed by atoms with Crippen LogP contribution in [0.2, 0.25) is 5.02 Å². The highest BCUT2D eigenvalue weighted by atomic mass is 35.5. The Labute approximate surface area is 131 Å². The van der Waals surface area contributed by atoms with Crippen molar-refractivity contribution in [2.45, 2.75) is 50.6 Å². The Kier molecular flexibility index (Phi) is 4.81. The second kappa shape index (κ2) is 6.80. The molecular weight excluding hydrogens is 284 g/mol. The van der Waals surface area contributed by atoms with Crippen LogP contribution in [-0.4, -0.2) is 29.9 Å². The van der Waals surface area contributed by atoms with Gasteiger partial charge in [0.2, 0.25) is 5.91 Å². The van der Waals surface area contributed by atoms with Crippen LogP contribution in [0.1, 0.15) is 50.1 Å². The normalized spacial score (nSPS) is 23.6. The van der Waals surface area contributed by atoms with Gasteiger partial charge in [-0.1, -0.05) is 36.6 Å². The van der Waals surface area contributed by atoms with Crippen molar-refractivity contribution in [2.24, 2.45) is 0 Å². The first kappa shape index (κ1) is 14.9. The molecule has 0 aromatic heterocycles. The van der Waals surface area contributed by atoms with Gasteiger partial charge < -0.3 is 5.32 Å². The van der Waals surface area contributed by atoms with Crippen molar-refractivity contribution in [2.75, 3.05) is 13.1 Å². The molecule has 2 fully saturated rings. The summed E-state index contributed by atoms with van der Waals surface area (Å²) in [5, 5.41) is 3.95. The highest BCUT2D eigenvalue weighted by Crippen LogP contribution is 2.32. The first-order valence-electron chi connectivity index (χ1n) is 8.01. The van der Waals surface area contributed by atoms with Gasteiger partial charge in [0.05, 0.1) is 6.54 Å². The summed E-state index contributed by atoms with van der Waals surface area (Å²) in [5.41, 5.74) is 1.27. The van der Waals surface area contributed by atoms with E-state index in [2.05, 4.69) is 22.3 Å².